The molecule has 5 rings (SSSR count). The SMILES string of the molecule is O=C(O)c1ccccc1.O=C1C[C@@H]2[C@H]([C@H]3OC3C(=O)COc3cccc(C(F)(F)F)c3)CC[C@@H]2O1. The largest absolute Gasteiger partial charge is 0.486 e. The fourth-order valence-electron chi connectivity index (χ4n) is 4.60. The van der Waals surface area contributed by atoms with Gasteiger partial charge in [0, 0.05) is 5.92 Å². The molecule has 2 aliphatic heterocycles. The second kappa shape index (κ2) is 10.1. The normalized spacial score (nSPS) is 26.7. The van der Waals surface area contributed by atoms with Crippen molar-refractivity contribution in [2.45, 2.75) is 43.8 Å². The average Bonchev–Trinajstić information content (AvgIpc) is 3.40. The van der Waals surface area contributed by atoms with Crippen LogP contribution in [0.4, 0.5) is 13.2 Å². The number of fused-ring (bicyclic) bond motifs is 1. The van der Waals surface area contributed by atoms with Crippen molar-refractivity contribution in [2.24, 2.45) is 11.8 Å². The van der Waals surface area contributed by atoms with Crippen molar-refractivity contribution in [3.63, 3.8) is 0 Å². The Balaban J connectivity index is 0.000000271. The first-order chi connectivity index (χ1) is 16.6. The van der Waals surface area contributed by atoms with Crippen LogP contribution in [0.15, 0.2) is 54.6 Å². The van der Waals surface area contributed by atoms with Gasteiger partial charge in [-0.15, -0.1) is 0 Å². The fourth-order valence-corrected chi connectivity index (χ4v) is 4.60. The van der Waals surface area contributed by atoms with Crippen molar-refractivity contribution in [1.82, 2.24) is 0 Å². The summed E-state index contributed by atoms with van der Waals surface area (Å²) in [6, 6.07) is 12.7. The number of carbonyl (C=O) groups excluding carboxylic acids is 2. The van der Waals surface area contributed by atoms with Crippen LogP contribution in [0, 0.1) is 11.8 Å². The molecule has 0 radical (unpaired) electrons. The predicted octanol–water partition coefficient (Wildman–Crippen LogP) is 4.15. The first-order valence-corrected chi connectivity index (χ1v) is 11.1. The smallest absolute Gasteiger partial charge is 0.416 e. The Hall–Kier alpha value is -3.40. The van der Waals surface area contributed by atoms with Crippen LogP contribution in [0.1, 0.15) is 35.2 Å². The number of benzene rings is 2. The lowest BCUT2D eigenvalue weighted by Crippen LogP contribution is -2.24. The lowest BCUT2D eigenvalue weighted by atomic mass is 9.88. The highest BCUT2D eigenvalue weighted by atomic mass is 19.4. The molecule has 2 heterocycles. The molecule has 1 aliphatic carbocycles. The summed E-state index contributed by atoms with van der Waals surface area (Å²) in [5.41, 5.74) is -0.497. The van der Waals surface area contributed by atoms with Crippen LogP contribution in [0.2, 0.25) is 0 Å². The Labute approximate surface area is 198 Å². The maximum atomic E-state index is 12.7. The molecule has 1 N–H and O–H groups in total. The van der Waals surface area contributed by atoms with E-state index in [1.165, 1.54) is 12.1 Å². The van der Waals surface area contributed by atoms with Crippen molar-refractivity contribution >= 4 is 17.7 Å². The first kappa shape index (κ1) is 24.7. The van der Waals surface area contributed by atoms with Gasteiger partial charge in [-0.3, -0.25) is 9.59 Å². The van der Waals surface area contributed by atoms with Crippen molar-refractivity contribution in [1.29, 1.82) is 0 Å². The van der Waals surface area contributed by atoms with Crippen molar-refractivity contribution in [3.8, 4) is 5.75 Å². The molecular formula is C25H23F3O7. The Morgan fingerprint density at radius 3 is 2.43 bits per heavy atom. The standard InChI is InChI=1S/C18H17F3O5.C7H6O2/c19-18(20,21)9-2-1-3-10(6-9)24-8-13(22)17-16(26-17)11-4-5-14-12(11)7-15(23)25-14;8-7(9)6-4-2-1-3-5-6/h1-3,6,11-12,14,16-17H,4-5,7-8H2;1-5H,(H,8,9)/t11-,12-,14+,16-,17?;/m1./s1. The van der Waals surface area contributed by atoms with E-state index in [1.54, 1.807) is 30.3 Å². The molecule has 2 saturated heterocycles. The van der Waals surface area contributed by atoms with Crippen molar-refractivity contribution < 1.29 is 46.9 Å². The van der Waals surface area contributed by atoms with Gasteiger partial charge in [-0.2, -0.15) is 13.2 Å². The number of carboxylic acids is 1. The molecule has 3 fully saturated rings. The van der Waals surface area contributed by atoms with E-state index in [0.717, 1.165) is 25.0 Å². The van der Waals surface area contributed by atoms with Crippen LogP contribution in [-0.2, 0) is 25.2 Å². The van der Waals surface area contributed by atoms with Gasteiger partial charge >= 0.3 is 18.1 Å². The van der Waals surface area contributed by atoms with E-state index in [-0.39, 0.29) is 48.2 Å². The summed E-state index contributed by atoms with van der Waals surface area (Å²) in [6.07, 6.45) is -3.43. The second-order valence-corrected chi connectivity index (χ2v) is 8.61. The molecule has 10 heteroatoms. The Morgan fingerprint density at radius 2 is 1.77 bits per heavy atom. The maximum Gasteiger partial charge on any atom is 0.416 e. The van der Waals surface area contributed by atoms with Crippen LogP contribution in [0.3, 0.4) is 0 Å². The number of ether oxygens (including phenoxy) is 3. The molecule has 1 unspecified atom stereocenters. The third kappa shape index (κ3) is 6.00. The Morgan fingerprint density at radius 1 is 1.03 bits per heavy atom. The molecule has 35 heavy (non-hydrogen) atoms. The lowest BCUT2D eigenvalue weighted by Gasteiger charge is -2.13. The summed E-state index contributed by atoms with van der Waals surface area (Å²) in [5, 5.41) is 8.38. The molecule has 1 saturated carbocycles. The van der Waals surface area contributed by atoms with Crippen LogP contribution in [-0.4, -0.2) is 47.7 Å². The molecule has 0 spiro atoms. The van der Waals surface area contributed by atoms with Crippen molar-refractivity contribution in [2.75, 3.05) is 6.61 Å². The molecule has 186 valence electrons. The number of carboxylic acid groups (broad SMARTS) is 1. The van der Waals surface area contributed by atoms with Crippen LogP contribution in [0.25, 0.3) is 0 Å². The van der Waals surface area contributed by atoms with E-state index in [9.17, 15) is 27.6 Å². The van der Waals surface area contributed by atoms with Gasteiger partial charge < -0.3 is 19.3 Å². The minimum atomic E-state index is -4.46. The lowest BCUT2D eigenvalue weighted by molar-refractivity contribution is -0.141. The van der Waals surface area contributed by atoms with E-state index < -0.39 is 23.8 Å². The average molecular weight is 492 g/mol. The van der Waals surface area contributed by atoms with E-state index in [1.807, 2.05) is 0 Å². The monoisotopic (exact) mass is 492 g/mol. The van der Waals surface area contributed by atoms with Gasteiger partial charge in [0.2, 0.25) is 5.78 Å². The van der Waals surface area contributed by atoms with E-state index in [2.05, 4.69) is 0 Å². The Kier molecular flexibility index (Phi) is 7.11. The van der Waals surface area contributed by atoms with Crippen molar-refractivity contribution in [3.05, 3.63) is 65.7 Å². The van der Waals surface area contributed by atoms with Crippen LogP contribution in [0.5, 0.6) is 5.75 Å². The summed E-state index contributed by atoms with van der Waals surface area (Å²) < 4.78 is 54.0. The van der Waals surface area contributed by atoms with Gasteiger partial charge in [-0.1, -0.05) is 24.3 Å². The first-order valence-electron chi connectivity index (χ1n) is 11.1. The zero-order valence-electron chi connectivity index (χ0n) is 18.4. The summed E-state index contributed by atoms with van der Waals surface area (Å²) in [4.78, 5) is 33.8. The number of halogens is 3. The van der Waals surface area contributed by atoms with Gasteiger partial charge in [0.05, 0.1) is 23.7 Å². The topological polar surface area (TPSA) is 102 Å². The zero-order valence-corrected chi connectivity index (χ0v) is 18.4. The minimum Gasteiger partial charge on any atom is -0.486 e. The number of rotatable bonds is 6. The summed E-state index contributed by atoms with van der Waals surface area (Å²) in [7, 11) is 0. The molecule has 3 aliphatic rings. The number of esters is 1. The Bertz CT molecular complexity index is 1090. The number of epoxide rings is 1. The van der Waals surface area contributed by atoms with Crippen LogP contribution >= 0.6 is 0 Å². The molecule has 0 aromatic heterocycles. The summed E-state index contributed by atoms with van der Waals surface area (Å²) >= 11 is 0. The summed E-state index contributed by atoms with van der Waals surface area (Å²) in [6.45, 7) is -0.348. The zero-order chi connectivity index (χ0) is 25.2. The number of hydrogen-bond acceptors (Lipinski definition) is 6. The van der Waals surface area contributed by atoms with Gasteiger partial charge in [-0.05, 0) is 49.1 Å². The molecule has 0 bridgehead atoms. The van der Waals surface area contributed by atoms with Gasteiger partial charge in [0.25, 0.3) is 0 Å². The van der Waals surface area contributed by atoms with E-state index in [4.69, 9.17) is 19.3 Å². The van der Waals surface area contributed by atoms with E-state index >= 15 is 0 Å². The number of alkyl halides is 3. The molecule has 0 amide bonds. The van der Waals surface area contributed by atoms with E-state index in [0.29, 0.717) is 12.0 Å². The molecule has 5 atom stereocenters. The van der Waals surface area contributed by atoms with Gasteiger partial charge in [0.1, 0.15) is 24.6 Å². The highest BCUT2D eigenvalue weighted by Crippen LogP contribution is 2.48. The molecule has 2 aromatic rings. The molecule has 2 aromatic carbocycles. The number of ketones is 1. The highest BCUT2D eigenvalue weighted by Gasteiger charge is 2.57. The molecular weight excluding hydrogens is 469 g/mol. The molecule has 7 nitrogen and oxygen atoms in total. The van der Waals surface area contributed by atoms with Gasteiger partial charge in [-0.25, -0.2) is 4.79 Å². The predicted molar refractivity (Wildman–Crippen MR) is 115 cm³/mol. The summed E-state index contributed by atoms with van der Waals surface area (Å²) in [5.74, 6) is -1.21. The van der Waals surface area contributed by atoms with Gasteiger partial charge in [0.15, 0.2) is 0 Å². The fraction of sp³-hybridized carbons (Fsp3) is 0.400. The number of carbonyl (C=O) groups is 3. The minimum absolute atomic E-state index is 0.0129. The third-order valence-corrected chi connectivity index (χ3v) is 6.33. The quantitative estimate of drug-likeness (QED) is 0.478. The van der Waals surface area contributed by atoms with Crippen LogP contribution < -0.4 is 4.74 Å². The number of aromatic carboxylic acids is 1. The maximum absolute atomic E-state index is 12.7. The second-order valence-electron chi connectivity index (χ2n) is 8.61. The highest BCUT2D eigenvalue weighted by molar-refractivity contribution is 5.87. The third-order valence-electron chi connectivity index (χ3n) is 6.33. The number of hydrogen-bond donors (Lipinski definition) is 1. The number of Topliss-reactive ketones (excluding diaryl/α,β-unsaturated/α-hetero) is 1.